The van der Waals surface area contributed by atoms with E-state index in [1.165, 1.54) is 0 Å². The molecule has 7 nitrogen and oxygen atoms in total. The summed E-state index contributed by atoms with van der Waals surface area (Å²) < 4.78 is 30.2. The van der Waals surface area contributed by atoms with Gasteiger partial charge in [-0.3, -0.25) is 9.48 Å². The van der Waals surface area contributed by atoms with E-state index >= 15 is 0 Å². The minimum Gasteiger partial charge on any atom is -0.312 e. The largest absolute Gasteiger partial charge is 0.312 e. The zero-order valence-electron chi connectivity index (χ0n) is 16.1. The van der Waals surface area contributed by atoms with Crippen LogP contribution in [0.2, 0.25) is 0 Å². The van der Waals surface area contributed by atoms with Gasteiger partial charge in [-0.05, 0) is 43.5 Å². The maximum Gasteiger partial charge on any atom is 0.243 e. The van der Waals surface area contributed by atoms with Gasteiger partial charge in [-0.1, -0.05) is 12.8 Å². The van der Waals surface area contributed by atoms with E-state index in [1.54, 1.807) is 44.3 Å². The number of aromatic nitrogens is 2. The minimum atomic E-state index is -3.63. The highest BCUT2D eigenvalue weighted by Crippen LogP contribution is 2.35. The molecule has 1 unspecified atom stereocenters. The summed E-state index contributed by atoms with van der Waals surface area (Å²) in [4.78, 5) is 13.9. The Bertz CT molecular complexity index is 952. The SMILES string of the molecule is Cn1cc(C2CCCCCN2S(=O)(=O)c2ccc(N3CCCC3=O)cc2)cn1. The van der Waals surface area contributed by atoms with Crippen LogP contribution in [0.15, 0.2) is 41.6 Å². The molecule has 4 rings (SSSR count). The van der Waals surface area contributed by atoms with Crippen molar-refractivity contribution in [3.63, 3.8) is 0 Å². The molecule has 2 saturated heterocycles. The Kier molecular flexibility index (Phi) is 5.25. The summed E-state index contributed by atoms with van der Waals surface area (Å²) in [6, 6.07) is 6.55. The lowest BCUT2D eigenvalue weighted by atomic mass is 10.1. The normalized spacial score (nSPS) is 21.8. The number of aryl methyl sites for hydroxylation is 1. The Labute approximate surface area is 166 Å². The van der Waals surface area contributed by atoms with Gasteiger partial charge < -0.3 is 4.90 Å². The number of anilines is 1. The topological polar surface area (TPSA) is 75.5 Å². The molecule has 28 heavy (non-hydrogen) atoms. The Morgan fingerprint density at radius 3 is 2.46 bits per heavy atom. The molecule has 8 heteroatoms. The average Bonchev–Trinajstić information content (AvgIpc) is 3.22. The molecule has 0 aliphatic carbocycles. The fourth-order valence-corrected chi connectivity index (χ4v) is 5.85. The zero-order chi connectivity index (χ0) is 19.7. The average molecular weight is 403 g/mol. The van der Waals surface area contributed by atoms with Crippen LogP contribution in [0.4, 0.5) is 5.69 Å². The summed E-state index contributed by atoms with van der Waals surface area (Å²) >= 11 is 0. The number of rotatable bonds is 4. The number of benzene rings is 1. The number of carbonyl (C=O) groups excluding carboxylic acids is 1. The minimum absolute atomic E-state index is 0.0970. The van der Waals surface area contributed by atoms with Crippen molar-refractivity contribution in [1.82, 2.24) is 14.1 Å². The lowest BCUT2D eigenvalue weighted by Crippen LogP contribution is -2.34. The maximum absolute atomic E-state index is 13.4. The summed E-state index contributed by atoms with van der Waals surface area (Å²) in [5.41, 5.74) is 1.70. The van der Waals surface area contributed by atoms with Gasteiger partial charge in [0.25, 0.3) is 0 Å². The van der Waals surface area contributed by atoms with Crippen LogP contribution in [0.1, 0.15) is 50.1 Å². The molecule has 1 aromatic heterocycles. The molecule has 0 spiro atoms. The van der Waals surface area contributed by atoms with Crippen LogP contribution in [0.25, 0.3) is 0 Å². The molecule has 0 bridgehead atoms. The molecule has 1 amide bonds. The van der Waals surface area contributed by atoms with Crippen molar-refractivity contribution in [1.29, 1.82) is 0 Å². The van der Waals surface area contributed by atoms with Gasteiger partial charge in [0.15, 0.2) is 0 Å². The first-order valence-corrected chi connectivity index (χ1v) is 11.3. The third kappa shape index (κ3) is 3.58. The lowest BCUT2D eigenvalue weighted by molar-refractivity contribution is -0.117. The van der Waals surface area contributed by atoms with Crippen LogP contribution in [0, 0.1) is 0 Å². The van der Waals surface area contributed by atoms with Gasteiger partial charge in [-0.2, -0.15) is 9.40 Å². The van der Waals surface area contributed by atoms with Crippen molar-refractivity contribution in [2.24, 2.45) is 7.05 Å². The number of hydrogen-bond donors (Lipinski definition) is 0. The van der Waals surface area contributed by atoms with Gasteiger partial charge in [0, 0.05) is 44.0 Å². The van der Waals surface area contributed by atoms with Crippen LogP contribution in [0.5, 0.6) is 0 Å². The zero-order valence-corrected chi connectivity index (χ0v) is 16.9. The third-order valence-electron chi connectivity index (χ3n) is 5.64. The second-order valence-electron chi connectivity index (χ2n) is 7.57. The second kappa shape index (κ2) is 7.67. The van der Waals surface area contributed by atoms with E-state index in [-0.39, 0.29) is 16.8 Å². The van der Waals surface area contributed by atoms with Crippen molar-refractivity contribution in [2.75, 3.05) is 18.0 Å². The molecule has 0 radical (unpaired) electrons. The molecule has 1 atom stereocenters. The van der Waals surface area contributed by atoms with Crippen LogP contribution >= 0.6 is 0 Å². The van der Waals surface area contributed by atoms with Crippen molar-refractivity contribution < 1.29 is 13.2 Å². The quantitative estimate of drug-likeness (QED) is 0.788. The van der Waals surface area contributed by atoms with Gasteiger partial charge in [0.1, 0.15) is 0 Å². The number of amides is 1. The van der Waals surface area contributed by atoms with E-state index < -0.39 is 10.0 Å². The van der Waals surface area contributed by atoms with E-state index in [0.717, 1.165) is 43.4 Å². The predicted octanol–water partition coefficient (Wildman–Crippen LogP) is 2.85. The first kappa shape index (κ1) is 19.1. The highest BCUT2D eigenvalue weighted by atomic mass is 32.2. The van der Waals surface area contributed by atoms with Crippen molar-refractivity contribution in [3.05, 3.63) is 42.2 Å². The molecule has 2 aromatic rings. The number of sulfonamides is 1. The molecular formula is C20H26N4O3S. The molecule has 150 valence electrons. The van der Waals surface area contributed by atoms with Crippen LogP contribution < -0.4 is 4.90 Å². The fraction of sp³-hybridized carbons (Fsp3) is 0.500. The van der Waals surface area contributed by atoms with Crippen molar-refractivity contribution in [2.45, 2.75) is 49.5 Å². The van der Waals surface area contributed by atoms with Crippen molar-refractivity contribution in [3.8, 4) is 0 Å². The van der Waals surface area contributed by atoms with Gasteiger partial charge >= 0.3 is 0 Å². The Morgan fingerprint density at radius 1 is 1.04 bits per heavy atom. The number of carbonyl (C=O) groups is 1. The monoisotopic (exact) mass is 402 g/mol. The van der Waals surface area contributed by atoms with E-state index in [1.807, 2.05) is 13.2 Å². The molecular weight excluding hydrogens is 376 g/mol. The first-order valence-electron chi connectivity index (χ1n) is 9.87. The Balaban J connectivity index is 1.64. The van der Waals surface area contributed by atoms with E-state index in [2.05, 4.69) is 5.10 Å². The van der Waals surface area contributed by atoms with Gasteiger partial charge in [0.2, 0.25) is 15.9 Å². The second-order valence-corrected chi connectivity index (χ2v) is 9.46. The van der Waals surface area contributed by atoms with E-state index in [4.69, 9.17) is 0 Å². The Hall–Kier alpha value is -2.19. The summed E-state index contributed by atoms with van der Waals surface area (Å²) in [5.74, 6) is 0.0970. The van der Waals surface area contributed by atoms with Gasteiger partial charge in [0.05, 0.1) is 17.1 Å². The van der Waals surface area contributed by atoms with Crippen molar-refractivity contribution >= 4 is 21.6 Å². The maximum atomic E-state index is 13.4. The standard InChI is InChI=1S/C20H26N4O3S/c1-22-15-16(14-21-22)19-6-3-2-4-13-24(19)28(26,27)18-10-8-17(9-11-18)23-12-5-7-20(23)25/h8-11,14-15,19H,2-7,12-13H2,1H3. The van der Waals surface area contributed by atoms with Gasteiger partial charge in [-0.15, -0.1) is 0 Å². The third-order valence-corrected chi connectivity index (χ3v) is 7.56. The van der Waals surface area contributed by atoms with Crippen LogP contribution in [-0.2, 0) is 21.9 Å². The van der Waals surface area contributed by atoms with E-state index in [9.17, 15) is 13.2 Å². The molecule has 2 fully saturated rings. The first-order chi connectivity index (χ1) is 13.5. The molecule has 2 aliphatic heterocycles. The molecule has 3 heterocycles. The summed E-state index contributed by atoms with van der Waals surface area (Å²) in [7, 11) is -1.79. The van der Waals surface area contributed by atoms with Gasteiger partial charge in [-0.25, -0.2) is 8.42 Å². The fourth-order valence-electron chi connectivity index (χ4n) is 4.17. The molecule has 2 aliphatic rings. The molecule has 0 saturated carbocycles. The van der Waals surface area contributed by atoms with Crippen LogP contribution in [-0.4, -0.2) is 41.5 Å². The highest BCUT2D eigenvalue weighted by Gasteiger charge is 2.34. The highest BCUT2D eigenvalue weighted by molar-refractivity contribution is 7.89. The smallest absolute Gasteiger partial charge is 0.243 e. The molecule has 0 N–H and O–H groups in total. The lowest BCUT2D eigenvalue weighted by Gasteiger charge is -2.28. The number of hydrogen-bond acceptors (Lipinski definition) is 4. The Morgan fingerprint density at radius 2 is 1.82 bits per heavy atom. The van der Waals surface area contributed by atoms with Crippen LogP contribution in [0.3, 0.4) is 0 Å². The molecule has 1 aromatic carbocycles. The number of nitrogens with zero attached hydrogens (tertiary/aromatic N) is 4. The summed E-state index contributed by atoms with van der Waals surface area (Å²) in [5, 5.41) is 4.23. The summed E-state index contributed by atoms with van der Waals surface area (Å²) in [6.07, 6.45) is 8.75. The summed E-state index contributed by atoms with van der Waals surface area (Å²) in [6.45, 7) is 1.20. The van der Waals surface area contributed by atoms with E-state index in [0.29, 0.717) is 19.5 Å². The predicted molar refractivity (Wildman–Crippen MR) is 106 cm³/mol.